The lowest BCUT2D eigenvalue weighted by Crippen LogP contribution is -2.43. The number of aliphatic hydroxyl groups is 2. The van der Waals surface area contributed by atoms with E-state index in [-0.39, 0.29) is 51.5 Å². The summed E-state index contributed by atoms with van der Waals surface area (Å²) in [7, 11) is 0. The van der Waals surface area contributed by atoms with Crippen LogP contribution in [0.25, 0.3) is 6.08 Å². The van der Waals surface area contributed by atoms with Crippen LogP contribution in [0.1, 0.15) is 137 Å². The van der Waals surface area contributed by atoms with Gasteiger partial charge < -0.3 is 44.5 Å². The smallest absolute Gasteiger partial charge is 0.339 e. The second-order valence-electron chi connectivity index (χ2n) is 16.2. The first-order valence-corrected chi connectivity index (χ1v) is 21.1. The molecule has 4 N–H and O–H groups in total. The van der Waals surface area contributed by atoms with Crippen LogP contribution in [-0.4, -0.2) is 89.5 Å². The van der Waals surface area contributed by atoms with Crippen molar-refractivity contribution in [2.75, 3.05) is 19.8 Å². The topological polar surface area (TPSA) is 179 Å². The molecule has 2 amide bonds. The molecule has 0 bridgehead atoms. The molecule has 13 nitrogen and oxygen atoms in total. The molecule has 2 aromatic carbocycles. The van der Waals surface area contributed by atoms with Crippen LogP contribution in [0.5, 0.6) is 0 Å². The van der Waals surface area contributed by atoms with Crippen molar-refractivity contribution in [3.8, 4) is 0 Å². The number of hydrogen-bond donors (Lipinski definition) is 4. The summed E-state index contributed by atoms with van der Waals surface area (Å²) in [6, 6.07) is 13.1. The minimum Gasteiger partial charge on any atom is -0.499 e. The molecule has 4 atom stereocenters. The Morgan fingerprint density at radius 1 is 0.949 bits per heavy atom. The van der Waals surface area contributed by atoms with E-state index in [1.807, 2.05) is 0 Å². The Kier molecular flexibility index (Phi) is 18.6. The maximum Gasteiger partial charge on any atom is 0.339 e. The van der Waals surface area contributed by atoms with Gasteiger partial charge in [-0.1, -0.05) is 69.9 Å². The lowest BCUT2D eigenvalue weighted by atomic mass is 9.91. The lowest BCUT2D eigenvalue weighted by Gasteiger charge is -2.31. The normalized spacial score (nSPS) is 19.0. The van der Waals surface area contributed by atoms with Crippen molar-refractivity contribution in [3.63, 3.8) is 0 Å². The van der Waals surface area contributed by atoms with E-state index in [2.05, 4.69) is 24.5 Å². The number of unbranched alkanes of at least 4 members (excludes halogenated alkanes) is 4. The molecule has 0 radical (unpaired) electrons. The Morgan fingerprint density at radius 2 is 1.68 bits per heavy atom. The number of ether oxygens (including phenoxy) is 5. The van der Waals surface area contributed by atoms with E-state index >= 15 is 0 Å². The molecule has 4 unspecified atom stereocenters. The van der Waals surface area contributed by atoms with Crippen molar-refractivity contribution in [1.29, 1.82) is 0 Å². The second kappa shape index (κ2) is 23.3. The van der Waals surface area contributed by atoms with Crippen LogP contribution in [0.2, 0.25) is 0 Å². The molecule has 1 heterocycles. The van der Waals surface area contributed by atoms with Crippen LogP contribution in [0.4, 0.5) is 0 Å². The largest absolute Gasteiger partial charge is 0.499 e. The Hall–Kier alpha value is -4.56. The monoisotopic (exact) mass is 820 g/mol. The molecule has 1 saturated heterocycles. The average Bonchev–Trinajstić information content (AvgIpc) is 3.58. The van der Waals surface area contributed by atoms with Crippen LogP contribution < -0.4 is 10.6 Å². The van der Waals surface area contributed by atoms with Crippen molar-refractivity contribution in [2.45, 2.75) is 148 Å². The summed E-state index contributed by atoms with van der Waals surface area (Å²) >= 11 is 0. The third kappa shape index (κ3) is 14.9. The molecule has 4 rings (SSSR count). The second-order valence-corrected chi connectivity index (χ2v) is 16.2. The van der Waals surface area contributed by atoms with Crippen LogP contribution >= 0.6 is 0 Å². The molecule has 1 aliphatic heterocycles. The Morgan fingerprint density at radius 3 is 2.36 bits per heavy atom. The van der Waals surface area contributed by atoms with Gasteiger partial charge in [-0.25, -0.2) is 4.79 Å². The average molecular weight is 821 g/mol. The zero-order valence-corrected chi connectivity index (χ0v) is 35.3. The van der Waals surface area contributed by atoms with Gasteiger partial charge in [-0.3, -0.25) is 14.4 Å². The maximum absolute atomic E-state index is 13.9. The third-order valence-corrected chi connectivity index (χ3v) is 10.1. The number of aliphatic hydroxyl groups excluding tert-OH is 2. The summed E-state index contributed by atoms with van der Waals surface area (Å²) in [6.07, 6.45) is 10.4. The molecule has 0 aromatic heterocycles. The van der Waals surface area contributed by atoms with Gasteiger partial charge in [0.05, 0.1) is 31.1 Å². The molecule has 1 aliphatic carbocycles. The predicted octanol–water partition coefficient (Wildman–Crippen LogP) is 6.69. The van der Waals surface area contributed by atoms with Crippen molar-refractivity contribution < 1.29 is 53.1 Å². The SMILES string of the molecule is CCCCCC1(CCCCC)OC2C=C(C(=O)NCc3cccc(C(=O)NC(CO)CCC(=O)OC(C)(C)C)c3)CC(OC(=O)c3ccccc3C=COCCO)C2O1. The van der Waals surface area contributed by atoms with Gasteiger partial charge in [0.15, 0.2) is 5.79 Å². The summed E-state index contributed by atoms with van der Waals surface area (Å²) in [6.45, 7) is 9.33. The van der Waals surface area contributed by atoms with Gasteiger partial charge in [-0.05, 0) is 81.5 Å². The highest BCUT2D eigenvalue weighted by atomic mass is 16.8. The van der Waals surface area contributed by atoms with Crippen molar-refractivity contribution in [3.05, 3.63) is 88.7 Å². The van der Waals surface area contributed by atoms with E-state index in [9.17, 15) is 24.3 Å². The standard InChI is InChI=1S/C46H64N2O11/c1-6-8-12-22-46(23-13-9-7-2)57-39-29-35(28-38(41(39)59-46)56-44(54)37-18-11-10-16-33(37)21-25-55-26-24-49)42(52)47-30-32-15-14-17-34(27-32)43(53)48-36(31-50)19-20-40(51)58-45(3,4)5/h10-11,14-18,21,25,27,29,36,38-39,41,49-50H,6-9,12-13,19-20,22-24,26,28,30-31H2,1-5H3,(H,47,52)(H,48,53). The molecule has 2 aromatic rings. The van der Waals surface area contributed by atoms with Crippen LogP contribution in [0, 0.1) is 0 Å². The van der Waals surface area contributed by atoms with Gasteiger partial charge in [-0.2, -0.15) is 0 Å². The van der Waals surface area contributed by atoms with Gasteiger partial charge >= 0.3 is 11.9 Å². The van der Waals surface area contributed by atoms with Gasteiger partial charge in [-0.15, -0.1) is 0 Å². The highest BCUT2D eigenvalue weighted by Crippen LogP contribution is 2.43. The molecule has 59 heavy (non-hydrogen) atoms. The first-order chi connectivity index (χ1) is 28.3. The number of rotatable bonds is 23. The molecular weight excluding hydrogens is 757 g/mol. The van der Waals surface area contributed by atoms with E-state index in [0.717, 1.165) is 38.5 Å². The minimum absolute atomic E-state index is 0.0361. The fourth-order valence-electron chi connectivity index (χ4n) is 7.15. The first kappa shape index (κ1) is 47.1. The fourth-order valence-corrected chi connectivity index (χ4v) is 7.15. The number of hydrogen-bond acceptors (Lipinski definition) is 11. The molecule has 324 valence electrons. The molecule has 0 spiro atoms. The van der Waals surface area contributed by atoms with E-state index < -0.39 is 53.6 Å². The Balaban J connectivity index is 1.50. The zero-order valence-electron chi connectivity index (χ0n) is 35.3. The van der Waals surface area contributed by atoms with Crippen molar-refractivity contribution in [1.82, 2.24) is 10.6 Å². The van der Waals surface area contributed by atoms with E-state index in [1.165, 1.54) is 6.26 Å². The number of esters is 2. The molecule has 2 aliphatic rings. The summed E-state index contributed by atoms with van der Waals surface area (Å²) in [5.74, 6) is -2.67. The summed E-state index contributed by atoms with van der Waals surface area (Å²) in [5, 5.41) is 24.7. The van der Waals surface area contributed by atoms with E-state index in [0.29, 0.717) is 40.7 Å². The summed E-state index contributed by atoms with van der Waals surface area (Å²) in [4.78, 5) is 53.1. The Bertz CT molecular complexity index is 1740. The third-order valence-electron chi connectivity index (χ3n) is 10.1. The van der Waals surface area contributed by atoms with Gasteiger partial charge in [0.2, 0.25) is 5.91 Å². The van der Waals surface area contributed by atoms with Gasteiger partial charge in [0.25, 0.3) is 5.91 Å². The fraction of sp³-hybridized carbons (Fsp3) is 0.565. The van der Waals surface area contributed by atoms with Crippen LogP contribution in [0.15, 0.2) is 66.4 Å². The molecule has 1 fully saturated rings. The predicted molar refractivity (Wildman–Crippen MR) is 223 cm³/mol. The van der Waals surface area contributed by atoms with Gasteiger partial charge in [0.1, 0.15) is 30.5 Å². The minimum atomic E-state index is -0.872. The number of amides is 2. The van der Waals surface area contributed by atoms with E-state index in [1.54, 1.807) is 81.5 Å². The number of benzene rings is 2. The maximum atomic E-state index is 13.9. The summed E-state index contributed by atoms with van der Waals surface area (Å²) in [5.41, 5.74) is 1.62. The van der Waals surface area contributed by atoms with E-state index in [4.69, 9.17) is 28.8 Å². The highest BCUT2D eigenvalue weighted by Gasteiger charge is 2.52. The number of carbonyl (C=O) groups is 4. The quantitative estimate of drug-likeness (QED) is 0.0533. The molecule has 0 saturated carbocycles. The van der Waals surface area contributed by atoms with Crippen LogP contribution in [-0.2, 0) is 39.8 Å². The molecule has 13 heteroatoms. The number of carbonyl (C=O) groups excluding carboxylic acids is 4. The lowest BCUT2D eigenvalue weighted by molar-refractivity contribution is -0.190. The van der Waals surface area contributed by atoms with Crippen LogP contribution in [0.3, 0.4) is 0 Å². The highest BCUT2D eigenvalue weighted by molar-refractivity contribution is 5.96. The first-order valence-electron chi connectivity index (χ1n) is 21.1. The zero-order chi connectivity index (χ0) is 42.8. The molecular formula is C46H64N2O11. The Labute approximate surface area is 348 Å². The number of fused-ring (bicyclic) bond motifs is 1. The summed E-state index contributed by atoms with van der Waals surface area (Å²) < 4.78 is 30.3. The van der Waals surface area contributed by atoms with Gasteiger partial charge in [0, 0.05) is 43.4 Å². The van der Waals surface area contributed by atoms with Crippen molar-refractivity contribution in [2.24, 2.45) is 0 Å². The van der Waals surface area contributed by atoms with Crippen molar-refractivity contribution >= 4 is 29.8 Å². The number of nitrogens with one attached hydrogen (secondary N) is 2.